The van der Waals surface area contributed by atoms with Gasteiger partial charge in [-0.2, -0.15) is 0 Å². The highest BCUT2D eigenvalue weighted by atomic mass is 32.2. The molecule has 0 aliphatic rings. The van der Waals surface area contributed by atoms with Crippen LogP contribution >= 0.6 is 0 Å². The quantitative estimate of drug-likeness (QED) is 0.885. The highest BCUT2D eigenvalue weighted by molar-refractivity contribution is 7.90. The molecule has 2 rings (SSSR count). The Morgan fingerprint density at radius 3 is 2.35 bits per heavy atom. The van der Waals surface area contributed by atoms with Crippen molar-refractivity contribution in [3.8, 4) is 11.1 Å². The molecule has 0 aliphatic heterocycles. The maximum Gasteiger partial charge on any atom is 0.221 e. The summed E-state index contributed by atoms with van der Waals surface area (Å²) >= 11 is 0. The number of benzene rings is 2. The first-order valence-corrected chi connectivity index (χ1v) is 9.50. The van der Waals surface area contributed by atoms with Crippen LogP contribution in [0.15, 0.2) is 48.5 Å². The van der Waals surface area contributed by atoms with E-state index in [0.29, 0.717) is 6.54 Å². The zero-order valence-corrected chi connectivity index (χ0v) is 14.2. The van der Waals surface area contributed by atoms with Gasteiger partial charge in [-0.05, 0) is 23.6 Å². The molecule has 0 saturated carbocycles. The molecule has 0 fully saturated rings. The van der Waals surface area contributed by atoms with Gasteiger partial charge in [-0.15, -0.1) is 0 Å². The van der Waals surface area contributed by atoms with Gasteiger partial charge in [-0.25, -0.2) is 8.42 Å². The molecule has 2 aromatic carbocycles. The van der Waals surface area contributed by atoms with Gasteiger partial charge in [0, 0.05) is 19.2 Å². The van der Waals surface area contributed by atoms with Crippen LogP contribution in [0.5, 0.6) is 0 Å². The van der Waals surface area contributed by atoms with Gasteiger partial charge < -0.3 is 5.32 Å². The zero-order valence-electron chi connectivity index (χ0n) is 13.4. The van der Waals surface area contributed by atoms with E-state index in [1.54, 1.807) is 0 Å². The number of carbonyl (C=O) groups is 1. The number of sulfone groups is 1. The highest BCUT2D eigenvalue weighted by Gasteiger charge is 2.07. The van der Waals surface area contributed by atoms with Crippen LogP contribution < -0.4 is 5.32 Å². The highest BCUT2D eigenvalue weighted by Crippen LogP contribution is 2.20. The van der Waals surface area contributed by atoms with E-state index in [0.717, 1.165) is 22.9 Å². The summed E-state index contributed by atoms with van der Waals surface area (Å²) < 4.78 is 22.1. The molecule has 0 heterocycles. The Morgan fingerprint density at radius 2 is 1.74 bits per heavy atom. The molecule has 4 nitrogen and oxygen atoms in total. The van der Waals surface area contributed by atoms with Gasteiger partial charge in [-0.3, -0.25) is 4.79 Å². The van der Waals surface area contributed by atoms with Gasteiger partial charge in [-0.1, -0.05) is 54.1 Å². The zero-order chi connectivity index (χ0) is 16.9. The number of aryl methyl sites for hydroxylation is 1. The van der Waals surface area contributed by atoms with Crippen LogP contribution in [0.2, 0.25) is 0 Å². The summed E-state index contributed by atoms with van der Waals surface area (Å²) in [7, 11) is -3.10. The third-order valence-electron chi connectivity index (χ3n) is 3.49. The number of carbonyl (C=O) groups excluding carboxylic acids is 1. The van der Waals surface area contributed by atoms with Crippen molar-refractivity contribution in [3.63, 3.8) is 0 Å². The lowest BCUT2D eigenvalue weighted by Crippen LogP contribution is -2.24. The van der Waals surface area contributed by atoms with E-state index < -0.39 is 9.84 Å². The van der Waals surface area contributed by atoms with Crippen molar-refractivity contribution in [3.05, 3.63) is 59.7 Å². The van der Waals surface area contributed by atoms with Gasteiger partial charge in [0.05, 0.1) is 5.75 Å². The SMILES string of the molecule is Cc1cccc(-c2ccc(CNC(=O)CCS(C)(=O)=O)cc2)c1. The molecule has 1 N–H and O–H groups in total. The predicted molar refractivity (Wildman–Crippen MR) is 92.8 cm³/mol. The topological polar surface area (TPSA) is 63.2 Å². The van der Waals surface area contributed by atoms with E-state index >= 15 is 0 Å². The number of hydrogen-bond acceptors (Lipinski definition) is 3. The lowest BCUT2D eigenvalue weighted by molar-refractivity contribution is -0.120. The van der Waals surface area contributed by atoms with E-state index in [1.165, 1.54) is 5.56 Å². The second-order valence-corrected chi connectivity index (χ2v) is 7.98. The summed E-state index contributed by atoms with van der Waals surface area (Å²) in [6.45, 7) is 2.46. The van der Waals surface area contributed by atoms with Crippen molar-refractivity contribution in [1.29, 1.82) is 0 Å². The second-order valence-electron chi connectivity index (χ2n) is 5.72. The second kappa shape index (κ2) is 7.42. The van der Waals surface area contributed by atoms with Gasteiger partial charge in [0.2, 0.25) is 5.91 Å². The standard InChI is InChI=1S/C18H21NO3S/c1-14-4-3-5-17(12-14)16-8-6-15(7-9-16)13-19-18(20)10-11-23(2,21)22/h3-9,12H,10-11,13H2,1-2H3,(H,19,20). The molecule has 122 valence electrons. The summed E-state index contributed by atoms with van der Waals surface area (Å²) in [6, 6.07) is 16.3. The summed E-state index contributed by atoms with van der Waals surface area (Å²) in [5.41, 5.74) is 4.48. The molecule has 1 amide bonds. The average Bonchev–Trinajstić information content (AvgIpc) is 2.51. The summed E-state index contributed by atoms with van der Waals surface area (Å²) in [4.78, 5) is 11.6. The van der Waals surface area contributed by atoms with Crippen LogP contribution in [0.25, 0.3) is 11.1 Å². The number of amides is 1. The molecule has 0 radical (unpaired) electrons. The minimum Gasteiger partial charge on any atom is -0.352 e. The van der Waals surface area contributed by atoms with Crippen LogP contribution in [-0.2, 0) is 21.2 Å². The van der Waals surface area contributed by atoms with E-state index in [2.05, 4.69) is 30.4 Å². The third kappa shape index (κ3) is 5.87. The van der Waals surface area contributed by atoms with Gasteiger partial charge in [0.1, 0.15) is 9.84 Å². The van der Waals surface area contributed by atoms with Gasteiger partial charge in [0.25, 0.3) is 0 Å². The van der Waals surface area contributed by atoms with Crippen molar-refractivity contribution in [1.82, 2.24) is 5.32 Å². The Hall–Kier alpha value is -2.14. The van der Waals surface area contributed by atoms with Crippen LogP contribution in [-0.4, -0.2) is 26.3 Å². The average molecular weight is 331 g/mol. The van der Waals surface area contributed by atoms with Gasteiger partial charge >= 0.3 is 0 Å². The first-order valence-electron chi connectivity index (χ1n) is 7.44. The molecule has 2 aromatic rings. The lowest BCUT2D eigenvalue weighted by atomic mass is 10.0. The van der Waals surface area contributed by atoms with E-state index in [4.69, 9.17) is 0 Å². The Morgan fingerprint density at radius 1 is 1.04 bits per heavy atom. The van der Waals surface area contributed by atoms with Crippen molar-refractivity contribution < 1.29 is 13.2 Å². The molecule has 0 atom stereocenters. The molecule has 0 aromatic heterocycles. The fraction of sp³-hybridized carbons (Fsp3) is 0.278. The Kier molecular flexibility index (Phi) is 5.55. The summed E-state index contributed by atoms with van der Waals surface area (Å²) in [6.07, 6.45) is 1.13. The van der Waals surface area contributed by atoms with Crippen LogP contribution in [0.3, 0.4) is 0 Å². The minimum atomic E-state index is -3.10. The molecule has 0 saturated heterocycles. The Labute approximate surface area is 137 Å². The first kappa shape index (κ1) is 17.2. The predicted octanol–water partition coefficient (Wildman–Crippen LogP) is 2.71. The maximum absolute atomic E-state index is 11.6. The van der Waals surface area contributed by atoms with Crippen molar-refractivity contribution >= 4 is 15.7 Å². The molecular formula is C18H21NO3S. The van der Waals surface area contributed by atoms with Crippen LogP contribution in [0.1, 0.15) is 17.5 Å². The molecule has 0 spiro atoms. The van der Waals surface area contributed by atoms with Crippen molar-refractivity contribution in [2.75, 3.05) is 12.0 Å². The minimum absolute atomic E-state index is 0.000207. The van der Waals surface area contributed by atoms with Crippen LogP contribution in [0.4, 0.5) is 0 Å². The number of rotatable bonds is 6. The normalized spacial score (nSPS) is 11.2. The molecule has 23 heavy (non-hydrogen) atoms. The Balaban J connectivity index is 1.92. The number of nitrogens with one attached hydrogen (secondary N) is 1. The van der Waals surface area contributed by atoms with E-state index in [9.17, 15) is 13.2 Å². The van der Waals surface area contributed by atoms with E-state index in [-0.39, 0.29) is 18.1 Å². The fourth-order valence-electron chi connectivity index (χ4n) is 2.21. The summed E-state index contributed by atoms with van der Waals surface area (Å²) in [5, 5.41) is 2.74. The lowest BCUT2D eigenvalue weighted by Gasteiger charge is -2.07. The first-order chi connectivity index (χ1) is 10.8. The summed E-state index contributed by atoms with van der Waals surface area (Å²) in [5.74, 6) is -0.372. The van der Waals surface area contributed by atoms with Crippen molar-refractivity contribution in [2.24, 2.45) is 0 Å². The molecule has 5 heteroatoms. The van der Waals surface area contributed by atoms with Gasteiger partial charge in [0.15, 0.2) is 0 Å². The third-order valence-corrected chi connectivity index (χ3v) is 4.44. The smallest absolute Gasteiger partial charge is 0.221 e. The number of hydrogen-bond donors (Lipinski definition) is 1. The fourth-order valence-corrected chi connectivity index (χ4v) is 2.76. The molecule has 0 unspecified atom stereocenters. The molecule has 0 bridgehead atoms. The van der Waals surface area contributed by atoms with E-state index in [1.807, 2.05) is 30.3 Å². The van der Waals surface area contributed by atoms with Crippen molar-refractivity contribution in [2.45, 2.75) is 19.9 Å². The monoisotopic (exact) mass is 331 g/mol. The Bertz CT molecular complexity index is 780. The molecule has 0 aliphatic carbocycles. The molecular weight excluding hydrogens is 310 g/mol. The van der Waals surface area contributed by atoms with Crippen LogP contribution in [0, 0.1) is 6.92 Å². The maximum atomic E-state index is 11.6. The largest absolute Gasteiger partial charge is 0.352 e.